The third-order valence-electron chi connectivity index (χ3n) is 2.56. The number of thiazole rings is 1. The van der Waals surface area contributed by atoms with Gasteiger partial charge in [0.1, 0.15) is 5.01 Å². The smallest absolute Gasteiger partial charge is 0.203 e. The first-order chi connectivity index (χ1) is 8.28. The molecule has 0 bridgehead atoms. The molecule has 3 rings (SSSR count). The van der Waals surface area contributed by atoms with Crippen LogP contribution in [0.4, 0.5) is 5.13 Å². The number of anilines is 1. The van der Waals surface area contributed by atoms with Crippen LogP contribution in [-0.2, 0) is 11.3 Å². The van der Waals surface area contributed by atoms with E-state index in [2.05, 4.69) is 15.2 Å². The molecule has 0 amide bonds. The highest BCUT2D eigenvalue weighted by Gasteiger charge is 2.31. The molecule has 1 saturated carbocycles. The van der Waals surface area contributed by atoms with Crippen molar-refractivity contribution < 1.29 is 4.74 Å². The molecule has 1 aliphatic carbocycles. The van der Waals surface area contributed by atoms with E-state index in [0.717, 1.165) is 20.6 Å². The van der Waals surface area contributed by atoms with Gasteiger partial charge in [-0.3, -0.25) is 0 Å². The van der Waals surface area contributed by atoms with Crippen molar-refractivity contribution >= 4 is 27.8 Å². The van der Waals surface area contributed by atoms with E-state index in [0.29, 0.717) is 17.7 Å². The zero-order valence-corrected chi connectivity index (χ0v) is 11.0. The summed E-state index contributed by atoms with van der Waals surface area (Å²) < 4.78 is 5.13. The lowest BCUT2D eigenvalue weighted by molar-refractivity contribution is 0.184. The lowest BCUT2D eigenvalue weighted by atomic mass is 10.2. The molecule has 17 heavy (non-hydrogen) atoms. The minimum absolute atomic E-state index is 0.503. The molecule has 2 aromatic heterocycles. The highest BCUT2D eigenvalue weighted by atomic mass is 32.1. The second-order valence-corrected chi connectivity index (χ2v) is 6.07. The van der Waals surface area contributed by atoms with E-state index in [-0.39, 0.29) is 0 Å². The van der Waals surface area contributed by atoms with E-state index < -0.39 is 0 Å². The summed E-state index contributed by atoms with van der Waals surface area (Å²) in [5.41, 5.74) is 6.78. The summed E-state index contributed by atoms with van der Waals surface area (Å²) >= 11 is 3.05. The van der Waals surface area contributed by atoms with Crippen molar-refractivity contribution in [3.05, 3.63) is 10.7 Å². The predicted octanol–water partition coefficient (Wildman–Crippen LogP) is 2.27. The summed E-state index contributed by atoms with van der Waals surface area (Å²) in [4.78, 5) is 5.76. The summed E-state index contributed by atoms with van der Waals surface area (Å²) in [5, 5.41) is 10.3. The number of methoxy groups -OCH3 is 1. The van der Waals surface area contributed by atoms with Crippen LogP contribution in [-0.4, -0.2) is 22.3 Å². The van der Waals surface area contributed by atoms with Gasteiger partial charge in [0.2, 0.25) is 5.13 Å². The summed E-state index contributed by atoms with van der Waals surface area (Å²) in [5.74, 6) is 0.594. The third-order valence-corrected chi connectivity index (χ3v) is 4.51. The maximum absolute atomic E-state index is 5.63. The van der Waals surface area contributed by atoms with Gasteiger partial charge in [0.25, 0.3) is 0 Å². The van der Waals surface area contributed by atoms with E-state index >= 15 is 0 Å². The van der Waals surface area contributed by atoms with Crippen LogP contribution in [0, 0.1) is 0 Å². The average molecular weight is 268 g/mol. The fourth-order valence-corrected chi connectivity index (χ4v) is 3.49. The van der Waals surface area contributed by atoms with Crippen molar-refractivity contribution in [3.63, 3.8) is 0 Å². The molecule has 0 aromatic carbocycles. The van der Waals surface area contributed by atoms with Gasteiger partial charge in [-0.15, -0.1) is 21.5 Å². The van der Waals surface area contributed by atoms with Gasteiger partial charge < -0.3 is 10.5 Å². The predicted molar refractivity (Wildman–Crippen MR) is 68.1 cm³/mol. The molecule has 0 unspecified atom stereocenters. The van der Waals surface area contributed by atoms with Gasteiger partial charge in [-0.1, -0.05) is 11.3 Å². The lowest BCUT2D eigenvalue weighted by Gasteiger charge is -1.93. The quantitative estimate of drug-likeness (QED) is 0.920. The normalized spacial score (nSPS) is 15.4. The Hall–Kier alpha value is -1.05. The van der Waals surface area contributed by atoms with Crippen LogP contribution >= 0.6 is 22.7 Å². The number of hydrogen-bond donors (Lipinski definition) is 1. The van der Waals surface area contributed by atoms with Crippen LogP contribution in [0.2, 0.25) is 0 Å². The maximum Gasteiger partial charge on any atom is 0.203 e. The topological polar surface area (TPSA) is 73.9 Å². The monoisotopic (exact) mass is 268 g/mol. The van der Waals surface area contributed by atoms with Crippen molar-refractivity contribution in [2.75, 3.05) is 12.8 Å². The Morgan fingerprint density at radius 1 is 1.35 bits per heavy atom. The van der Waals surface area contributed by atoms with Crippen molar-refractivity contribution in [2.45, 2.75) is 25.4 Å². The van der Waals surface area contributed by atoms with Crippen LogP contribution in [0.1, 0.15) is 29.5 Å². The van der Waals surface area contributed by atoms with E-state index in [1.165, 1.54) is 24.2 Å². The molecule has 0 atom stereocenters. The summed E-state index contributed by atoms with van der Waals surface area (Å²) in [6, 6.07) is 0. The Labute approximate surface area is 107 Å². The van der Waals surface area contributed by atoms with Crippen molar-refractivity contribution in [1.82, 2.24) is 15.2 Å². The van der Waals surface area contributed by atoms with Gasteiger partial charge in [0, 0.05) is 13.0 Å². The zero-order valence-electron chi connectivity index (χ0n) is 9.34. The molecule has 0 spiro atoms. The zero-order chi connectivity index (χ0) is 11.8. The molecule has 0 saturated heterocycles. The molecule has 0 aliphatic heterocycles. The van der Waals surface area contributed by atoms with Gasteiger partial charge in [-0.25, -0.2) is 4.98 Å². The Morgan fingerprint density at radius 3 is 2.76 bits per heavy atom. The summed E-state index contributed by atoms with van der Waals surface area (Å²) in [6.45, 7) is 0.554. The maximum atomic E-state index is 5.63. The second-order valence-electron chi connectivity index (χ2n) is 3.97. The molecule has 5 nitrogen and oxygen atoms in total. The van der Waals surface area contributed by atoms with Gasteiger partial charge >= 0.3 is 0 Å². The molecule has 2 aromatic rings. The van der Waals surface area contributed by atoms with Gasteiger partial charge in [0.15, 0.2) is 5.01 Å². The largest absolute Gasteiger partial charge is 0.378 e. The first-order valence-corrected chi connectivity index (χ1v) is 6.99. The van der Waals surface area contributed by atoms with Gasteiger partial charge in [-0.2, -0.15) is 0 Å². The molecule has 7 heteroatoms. The highest BCUT2D eigenvalue weighted by Crippen LogP contribution is 2.46. The molecule has 2 heterocycles. The second kappa shape index (κ2) is 4.32. The van der Waals surface area contributed by atoms with Crippen LogP contribution in [0.3, 0.4) is 0 Å². The number of nitrogens with zero attached hydrogens (tertiary/aromatic N) is 3. The molecule has 1 aliphatic rings. The fourth-order valence-electron chi connectivity index (χ4n) is 1.68. The van der Waals surface area contributed by atoms with Crippen LogP contribution in [0.5, 0.6) is 0 Å². The van der Waals surface area contributed by atoms with Gasteiger partial charge in [0.05, 0.1) is 17.2 Å². The molecular weight excluding hydrogens is 256 g/mol. The Bertz CT molecular complexity index is 532. The minimum Gasteiger partial charge on any atom is -0.378 e. The average Bonchev–Trinajstić information content (AvgIpc) is 2.93. The van der Waals surface area contributed by atoms with Crippen molar-refractivity contribution in [1.29, 1.82) is 0 Å². The first-order valence-electron chi connectivity index (χ1n) is 5.36. The van der Waals surface area contributed by atoms with E-state index in [1.54, 1.807) is 18.4 Å². The van der Waals surface area contributed by atoms with Crippen LogP contribution < -0.4 is 5.73 Å². The molecular formula is C10H12N4OS2. The van der Waals surface area contributed by atoms with Gasteiger partial charge in [-0.05, 0) is 12.8 Å². The number of aromatic nitrogens is 3. The van der Waals surface area contributed by atoms with Crippen molar-refractivity contribution in [2.24, 2.45) is 0 Å². The molecule has 0 radical (unpaired) electrons. The Morgan fingerprint density at radius 2 is 2.18 bits per heavy atom. The number of nitrogen functional groups attached to an aromatic ring is 1. The van der Waals surface area contributed by atoms with E-state index in [4.69, 9.17) is 10.5 Å². The van der Waals surface area contributed by atoms with Crippen LogP contribution in [0.25, 0.3) is 9.88 Å². The van der Waals surface area contributed by atoms with E-state index in [9.17, 15) is 0 Å². The fraction of sp³-hybridized carbons (Fsp3) is 0.500. The molecule has 90 valence electrons. The first kappa shape index (κ1) is 11.1. The highest BCUT2D eigenvalue weighted by molar-refractivity contribution is 7.23. The molecule has 2 N–H and O–H groups in total. The minimum atomic E-state index is 0.503. The third kappa shape index (κ3) is 2.18. The number of ether oxygens (including phenoxy) is 1. The number of hydrogen-bond acceptors (Lipinski definition) is 7. The standard InChI is InChI=1S/C10H12N4OS2/c1-15-4-6-12-7(5-2-3-5)8(16-6)9-13-14-10(11)17-9/h5H,2-4H2,1H3,(H2,11,14). The SMILES string of the molecule is COCc1nc(C2CC2)c(-c2nnc(N)s2)s1. The summed E-state index contributed by atoms with van der Waals surface area (Å²) in [7, 11) is 1.68. The molecule has 1 fully saturated rings. The number of rotatable bonds is 4. The lowest BCUT2D eigenvalue weighted by Crippen LogP contribution is -1.87. The van der Waals surface area contributed by atoms with Crippen molar-refractivity contribution in [3.8, 4) is 9.88 Å². The summed E-state index contributed by atoms with van der Waals surface area (Å²) in [6.07, 6.45) is 2.44. The Kier molecular flexibility index (Phi) is 2.81. The Balaban J connectivity index is 2.01. The van der Waals surface area contributed by atoms with Crippen LogP contribution in [0.15, 0.2) is 0 Å². The number of nitrogens with two attached hydrogens (primary N) is 1. The van der Waals surface area contributed by atoms with E-state index in [1.807, 2.05) is 0 Å².